The summed E-state index contributed by atoms with van der Waals surface area (Å²) in [6.45, 7) is 0. The average molecular weight is 182 g/mol. The van der Waals surface area contributed by atoms with Crippen molar-refractivity contribution in [2.75, 3.05) is 7.11 Å². The molecule has 2 heterocycles. The van der Waals surface area contributed by atoms with E-state index in [9.17, 15) is 4.79 Å². The summed E-state index contributed by atoms with van der Waals surface area (Å²) in [5, 5.41) is 0. The van der Waals surface area contributed by atoms with E-state index < -0.39 is 0 Å². The van der Waals surface area contributed by atoms with Gasteiger partial charge in [-0.2, -0.15) is 0 Å². The van der Waals surface area contributed by atoms with Gasteiger partial charge in [0.1, 0.15) is 9.71 Å². The summed E-state index contributed by atoms with van der Waals surface area (Å²) in [6.07, 6.45) is 1.60. The molecule has 0 saturated carbocycles. The van der Waals surface area contributed by atoms with E-state index in [1.54, 1.807) is 12.4 Å². The lowest BCUT2D eigenvalue weighted by Gasteiger charge is -1.90. The molecule has 0 atom stereocenters. The van der Waals surface area contributed by atoms with Crippen molar-refractivity contribution in [1.82, 2.24) is 9.97 Å². The Morgan fingerprint density at radius 3 is 3.25 bits per heavy atom. The second-order valence-electron chi connectivity index (χ2n) is 2.22. The lowest BCUT2D eigenvalue weighted by atomic mass is 10.4. The Labute approximate surface area is 72.2 Å². The van der Waals surface area contributed by atoms with E-state index >= 15 is 0 Å². The van der Waals surface area contributed by atoms with Gasteiger partial charge < -0.3 is 9.72 Å². The standard InChI is InChI=1S/C7H6N2O2S/c1-11-7(10)5-2-4-6(12-5)9-3-8-4/h2-3H,1H3,(H,8,9). The van der Waals surface area contributed by atoms with E-state index in [0.717, 1.165) is 10.3 Å². The van der Waals surface area contributed by atoms with Gasteiger partial charge in [0.2, 0.25) is 0 Å². The molecule has 2 rings (SSSR count). The number of aromatic amines is 1. The summed E-state index contributed by atoms with van der Waals surface area (Å²) in [7, 11) is 1.36. The topological polar surface area (TPSA) is 55.0 Å². The smallest absolute Gasteiger partial charge is 0.348 e. The predicted molar refractivity (Wildman–Crippen MR) is 45.3 cm³/mol. The molecular weight excluding hydrogens is 176 g/mol. The summed E-state index contributed by atoms with van der Waals surface area (Å²) in [6, 6.07) is 1.73. The number of aromatic nitrogens is 2. The lowest BCUT2D eigenvalue weighted by Crippen LogP contribution is -1.96. The highest BCUT2D eigenvalue weighted by Crippen LogP contribution is 2.22. The fourth-order valence-corrected chi connectivity index (χ4v) is 1.83. The van der Waals surface area contributed by atoms with Crippen molar-refractivity contribution in [3.05, 3.63) is 17.3 Å². The number of hydrogen-bond donors (Lipinski definition) is 1. The van der Waals surface area contributed by atoms with Crippen LogP contribution in [0, 0.1) is 0 Å². The van der Waals surface area contributed by atoms with Crippen LogP contribution in [-0.2, 0) is 4.74 Å². The molecule has 4 nitrogen and oxygen atoms in total. The van der Waals surface area contributed by atoms with Crippen molar-refractivity contribution in [2.45, 2.75) is 0 Å². The summed E-state index contributed by atoms with van der Waals surface area (Å²) in [5.74, 6) is -0.314. The summed E-state index contributed by atoms with van der Waals surface area (Å²) in [4.78, 5) is 19.4. The quantitative estimate of drug-likeness (QED) is 0.678. The maximum atomic E-state index is 11.0. The molecule has 0 aliphatic rings. The molecule has 1 N–H and O–H groups in total. The Morgan fingerprint density at radius 2 is 2.58 bits per heavy atom. The first-order valence-corrected chi connectivity index (χ1v) is 4.14. The molecule has 62 valence electrons. The normalized spacial score (nSPS) is 10.4. The fraction of sp³-hybridized carbons (Fsp3) is 0.143. The van der Waals surface area contributed by atoms with Gasteiger partial charge in [-0.15, -0.1) is 11.3 Å². The minimum absolute atomic E-state index is 0.314. The third-order valence-electron chi connectivity index (χ3n) is 1.50. The van der Waals surface area contributed by atoms with Crippen LogP contribution in [0.25, 0.3) is 10.3 Å². The van der Waals surface area contributed by atoms with Crippen molar-refractivity contribution in [2.24, 2.45) is 0 Å². The highest BCUT2D eigenvalue weighted by Gasteiger charge is 2.10. The van der Waals surface area contributed by atoms with Crippen molar-refractivity contribution in [3.8, 4) is 0 Å². The average Bonchev–Trinajstić information content (AvgIpc) is 2.60. The van der Waals surface area contributed by atoms with Gasteiger partial charge in [-0.1, -0.05) is 0 Å². The fourth-order valence-electron chi connectivity index (χ4n) is 0.942. The number of ether oxygens (including phenoxy) is 1. The summed E-state index contributed by atoms with van der Waals surface area (Å²) < 4.78 is 4.57. The number of esters is 1. The maximum Gasteiger partial charge on any atom is 0.348 e. The van der Waals surface area contributed by atoms with Crippen molar-refractivity contribution >= 4 is 27.7 Å². The van der Waals surface area contributed by atoms with E-state index in [1.165, 1.54) is 18.4 Å². The van der Waals surface area contributed by atoms with Gasteiger partial charge in [0.25, 0.3) is 0 Å². The number of H-pyrrole nitrogens is 1. The lowest BCUT2D eigenvalue weighted by molar-refractivity contribution is 0.0606. The number of rotatable bonds is 1. The number of nitrogens with zero attached hydrogens (tertiary/aromatic N) is 1. The van der Waals surface area contributed by atoms with Crippen LogP contribution in [0.4, 0.5) is 0 Å². The van der Waals surface area contributed by atoms with Crippen LogP contribution in [0.5, 0.6) is 0 Å². The minimum atomic E-state index is -0.314. The van der Waals surface area contributed by atoms with Crippen LogP contribution in [0.15, 0.2) is 12.4 Å². The highest BCUT2D eigenvalue weighted by atomic mass is 32.1. The first-order valence-electron chi connectivity index (χ1n) is 3.32. The Bertz CT molecular complexity index is 389. The third kappa shape index (κ3) is 0.984. The zero-order valence-corrected chi connectivity index (χ0v) is 7.14. The molecule has 2 aromatic heterocycles. The molecule has 12 heavy (non-hydrogen) atoms. The highest BCUT2D eigenvalue weighted by molar-refractivity contribution is 7.20. The van der Waals surface area contributed by atoms with Gasteiger partial charge in [-0.3, -0.25) is 0 Å². The zero-order chi connectivity index (χ0) is 8.55. The number of thiophene rings is 1. The Kier molecular flexibility index (Phi) is 1.58. The zero-order valence-electron chi connectivity index (χ0n) is 6.33. The van der Waals surface area contributed by atoms with Crippen LogP contribution in [0.2, 0.25) is 0 Å². The van der Waals surface area contributed by atoms with Crippen LogP contribution < -0.4 is 0 Å². The van der Waals surface area contributed by atoms with Gasteiger partial charge in [-0.05, 0) is 6.07 Å². The Hall–Kier alpha value is -1.36. The molecule has 0 spiro atoms. The van der Waals surface area contributed by atoms with Crippen LogP contribution in [-0.4, -0.2) is 23.0 Å². The number of hydrogen-bond acceptors (Lipinski definition) is 4. The molecular formula is C7H6N2O2S. The Balaban J connectivity index is 2.51. The molecule has 0 saturated heterocycles. The number of nitrogens with one attached hydrogen (secondary N) is 1. The molecule has 0 bridgehead atoms. The van der Waals surface area contributed by atoms with Gasteiger partial charge in [0, 0.05) is 0 Å². The molecule has 0 radical (unpaired) electrons. The van der Waals surface area contributed by atoms with Crippen LogP contribution in [0.1, 0.15) is 9.67 Å². The second-order valence-corrected chi connectivity index (χ2v) is 3.25. The van der Waals surface area contributed by atoms with Crippen LogP contribution >= 0.6 is 11.3 Å². The van der Waals surface area contributed by atoms with Gasteiger partial charge in [0.15, 0.2) is 0 Å². The number of fused-ring (bicyclic) bond motifs is 1. The molecule has 0 amide bonds. The van der Waals surface area contributed by atoms with E-state index in [-0.39, 0.29) is 5.97 Å². The first-order chi connectivity index (χ1) is 5.81. The molecule has 5 heteroatoms. The van der Waals surface area contributed by atoms with E-state index in [0.29, 0.717) is 4.88 Å². The van der Waals surface area contributed by atoms with Crippen LogP contribution in [0.3, 0.4) is 0 Å². The summed E-state index contributed by atoms with van der Waals surface area (Å²) >= 11 is 1.32. The van der Waals surface area contributed by atoms with Crippen molar-refractivity contribution in [1.29, 1.82) is 0 Å². The first kappa shape index (κ1) is 7.30. The number of carbonyl (C=O) groups is 1. The predicted octanol–water partition coefficient (Wildman–Crippen LogP) is 1.41. The number of carbonyl (C=O) groups excluding carboxylic acids is 1. The molecule has 0 aliphatic heterocycles. The molecule has 0 fully saturated rings. The van der Waals surface area contributed by atoms with E-state index in [4.69, 9.17) is 0 Å². The van der Waals surface area contributed by atoms with Gasteiger partial charge in [-0.25, -0.2) is 9.78 Å². The molecule has 0 aromatic carbocycles. The number of imidazole rings is 1. The third-order valence-corrected chi connectivity index (χ3v) is 2.52. The van der Waals surface area contributed by atoms with Gasteiger partial charge in [0.05, 0.1) is 19.0 Å². The Morgan fingerprint density at radius 1 is 1.75 bits per heavy atom. The van der Waals surface area contributed by atoms with Crippen molar-refractivity contribution < 1.29 is 9.53 Å². The van der Waals surface area contributed by atoms with Gasteiger partial charge >= 0.3 is 5.97 Å². The second kappa shape index (κ2) is 2.60. The monoisotopic (exact) mass is 182 g/mol. The largest absolute Gasteiger partial charge is 0.465 e. The van der Waals surface area contributed by atoms with Crippen molar-refractivity contribution in [3.63, 3.8) is 0 Å². The minimum Gasteiger partial charge on any atom is -0.465 e. The maximum absolute atomic E-state index is 11.0. The SMILES string of the molecule is COC(=O)c1cc2[nH]cnc2s1. The van der Waals surface area contributed by atoms with E-state index in [2.05, 4.69) is 14.7 Å². The summed E-state index contributed by atoms with van der Waals surface area (Å²) in [5.41, 5.74) is 0.875. The molecule has 2 aromatic rings. The molecule has 0 unspecified atom stereocenters. The molecule has 0 aliphatic carbocycles. The number of methoxy groups -OCH3 is 1. The van der Waals surface area contributed by atoms with E-state index in [1.807, 2.05) is 0 Å².